The molecule has 0 aliphatic rings. The van der Waals surface area contributed by atoms with Crippen LogP contribution in [0.15, 0.2) is 24.3 Å². The molecule has 164 valence electrons. The summed E-state index contributed by atoms with van der Waals surface area (Å²) in [5, 5.41) is 0. The highest BCUT2D eigenvalue weighted by Crippen LogP contribution is 2.33. The molecule has 0 saturated carbocycles. The van der Waals surface area contributed by atoms with Crippen molar-refractivity contribution in [1.82, 2.24) is 0 Å². The molecule has 0 radical (unpaired) electrons. The van der Waals surface area contributed by atoms with Gasteiger partial charge in [0.05, 0.1) is 11.2 Å². The van der Waals surface area contributed by atoms with Gasteiger partial charge < -0.3 is 9.47 Å². The van der Waals surface area contributed by atoms with E-state index in [2.05, 4.69) is 34.6 Å². The van der Waals surface area contributed by atoms with Gasteiger partial charge in [0, 0.05) is 18.1 Å². The number of ketones is 1. The van der Waals surface area contributed by atoms with Gasteiger partial charge in [-0.3, -0.25) is 4.79 Å². The summed E-state index contributed by atoms with van der Waals surface area (Å²) < 4.78 is 11.8. The molecule has 0 heterocycles. The molecule has 0 fully saturated rings. The molecule has 0 N–H and O–H groups in total. The average Bonchev–Trinajstić information content (AvgIpc) is 2.59. The minimum Gasteiger partial charge on any atom is -0.456 e. The van der Waals surface area contributed by atoms with E-state index < -0.39 is 5.60 Å². The Hall–Kier alpha value is -1.68. The van der Waals surface area contributed by atoms with Crippen LogP contribution < -0.4 is 0 Å². The van der Waals surface area contributed by atoms with Crippen LogP contribution >= 0.6 is 0 Å². The Balaban J connectivity index is 2.49. The maximum absolute atomic E-state index is 12.5. The van der Waals surface area contributed by atoms with Crippen LogP contribution in [0.2, 0.25) is 0 Å². The van der Waals surface area contributed by atoms with E-state index in [-0.39, 0.29) is 28.7 Å². The SMILES string of the molecule is CC(C)C(=O)c1ccc(C(=O)OC(C)(C)CCCCOC(C)(C)C(C)(C)C)cc1. The molecule has 1 aromatic rings. The molecule has 4 nitrogen and oxygen atoms in total. The molecule has 0 aliphatic heterocycles. The number of carbonyl (C=O) groups excluding carboxylic acids is 2. The Labute approximate surface area is 177 Å². The van der Waals surface area contributed by atoms with Gasteiger partial charge in [-0.2, -0.15) is 0 Å². The molecular weight excluding hydrogens is 364 g/mol. The van der Waals surface area contributed by atoms with Crippen LogP contribution in [0.25, 0.3) is 0 Å². The van der Waals surface area contributed by atoms with E-state index in [1.54, 1.807) is 24.3 Å². The lowest BCUT2D eigenvalue weighted by Gasteiger charge is -2.38. The molecule has 1 rings (SSSR count). The summed E-state index contributed by atoms with van der Waals surface area (Å²) in [6.45, 7) is 19.1. The lowest BCUT2D eigenvalue weighted by Crippen LogP contribution is -2.39. The van der Waals surface area contributed by atoms with Crippen molar-refractivity contribution in [2.45, 2.75) is 92.8 Å². The van der Waals surface area contributed by atoms with Crippen molar-refractivity contribution < 1.29 is 19.1 Å². The first-order chi connectivity index (χ1) is 13.2. The maximum atomic E-state index is 12.5. The molecule has 0 spiro atoms. The van der Waals surface area contributed by atoms with Gasteiger partial charge in [-0.05, 0) is 64.5 Å². The van der Waals surface area contributed by atoms with Gasteiger partial charge in [0.25, 0.3) is 0 Å². The topological polar surface area (TPSA) is 52.6 Å². The van der Waals surface area contributed by atoms with Gasteiger partial charge in [0.1, 0.15) is 5.60 Å². The molecule has 0 bridgehead atoms. The zero-order chi connectivity index (χ0) is 22.5. The first-order valence-corrected chi connectivity index (χ1v) is 10.7. The first kappa shape index (κ1) is 25.4. The fraction of sp³-hybridized carbons (Fsp3) is 0.680. The molecule has 0 atom stereocenters. The average molecular weight is 405 g/mol. The highest BCUT2D eigenvalue weighted by molar-refractivity contribution is 5.98. The van der Waals surface area contributed by atoms with Gasteiger partial charge in [-0.15, -0.1) is 0 Å². The Kier molecular flexibility index (Phi) is 8.64. The van der Waals surface area contributed by atoms with Crippen LogP contribution in [-0.2, 0) is 9.47 Å². The number of Topliss-reactive ketones (excluding diaryl/α,β-unsaturated/α-hetero) is 1. The number of rotatable bonds is 10. The minimum atomic E-state index is -0.553. The van der Waals surface area contributed by atoms with Gasteiger partial charge >= 0.3 is 5.97 Å². The molecule has 0 aliphatic carbocycles. The Morgan fingerprint density at radius 2 is 1.38 bits per heavy atom. The summed E-state index contributed by atoms with van der Waals surface area (Å²) in [5.41, 5.74) is 0.431. The van der Waals surface area contributed by atoms with Crippen molar-refractivity contribution in [2.24, 2.45) is 11.3 Å². The smallest absolute Gasteiger partial charge is 0.338 e. The molecule has 0 saturated heterocycles. The fourth-order valence-electron chi connectivity index (χ4n) is 2.66. The third-order valence-electron chi connectivity index (χ3n) is 5.74. The van der Waals surface area contributed by atoms with Gasteiger partial charge in [0.15, 0.2) is 5.78 Å². The number of esters is 1. The number of carbonyl (C=O) groups is 2. The van der Waals surface area contributed by atoms with Crippen molar-refractivity contribution in [2.75, 3.05) is 6.61 Å². The molecule has 29 heavy (non-hydrogen) atoms. The predicted octanol–water partition coefficient (Wildman–Crippen LogP) is 6.47. The standard InChI is InChI=1S/C25H40O4/c1-18(2)21(26)19-12-14-20(15-13-19)22(27)29-24(6,7)16-10-11-17-28-25(8,9)23(3,4)5/h12-15,18H,10-11,16-17H2,1-9H3. The lowest BCUT2D eigenvalue weighted by atomic mass is 9.79. The zero-order valence-corrected chi connectivity index (χ0v) is 19.8. The van der Waals surface area contributed by atoms with Gasteiger partial charge in [-0.1, -0.05) is 46.8 Å². The van der Waals surface area contributed by atoms with E-state index >= 15 is 0 Å². The van der Waals surface area contributed by atoms with Crippen molar-refractivity contribution in [3.63, 3.8) is 0 Å². The minimum absolute atomic E-state index is 0.0651. The fourth-order valence-corrected chi connectivity index (χ4v) is 2.66. The van der Waals surface area contributed by atoms with E-state index in [1.165, 1.54) is 0 Å². The van der Waals surface area contributed by atoms with Crippen LogP contribution in [0.3, 0.4) is 0 Å². The van der Waals surface area contributed by atoms with Crippen LogP contribution in [0.4, 0.5) is 0 Å². The zero-order valence-electron chi connectivity index (χ0n) is 19.8. The number of hydrogen-bond acceptors (Lipinski definition) is 4. The Bertz CT molecular complexity index is 676. The summed E-state index contributed by atoms with van der Waals surface area (Å²) >= 11 is 0. The van der Waals surface area contributed by atoms with E-state index in [0.29, 0.717) is 17.7 Å². The highest BCUT2D eigenvalue weighted by atomic mass is 16.6. The second-order valence-corrected chi connectivity index (χ2v) is 10.3. The van der Waals surface area contributed by atoms with E-state index in [1.807, 2.05) is 27.7 Å². The van der Waals surface area contributed by atoms with Crippen LogP contribution in [0, 0.1) is 11.3 Å². The summed E-state index contributed by atoms with van der Waals surface area (Å²) in [6.07, 6.45) is 2.61. The van der Waals surface area contributed by atoms with Crippen LogP contribution in [0.1, 0.15) is 102 Å². The molecule has 0 unspecified atom stereocenters. The quantitative estimate of drug-likeness (QED) is 0.255. The second kappa shape index (κ2) is 9.88. The van der Waals surface area contributed by atoms with E-state index in [4.69, 9.17) is 9.47 Å². The third-order valence-corrected chi connectivity index (χ3v) is 5.74. The molecule has 0 amide bonds. The predicted molar refractivity (Wildman–Crippen MR) is 118 cm³/mol. The maximum Gasteiger partial charge on any atom is 0.338 e. The number of benzene rings is 1. The Morgan fingerprint density at radius 1 is 0.862 bits per heavy atom. The second-order valence-electron chi connectivity index (χ2n) is 10.3. The van der Waals surface area contributed by atoms with Gasteiger partial charge in [0.2, 0.25) is 0 Å². The van der Waals surface area contributed by atoms with Crippen LogP contribution in [-0.4, -0.2) is 29.6 Å². The summed E-state index contributed by atoms with van der Waals surface area (Å²) in [5.74, 6) is -0.351. The van der Waals surface area contributed by atoms with Crippen molar-refractivity contribution in [3.8, 4) is 0 Å². The first-order valence-electron chi connectivity index (χ1n) is 10.7. The monoisotopic (exact) mass is 404 g/mol. The van der Waals surface area contributed by atoms with Crippen molar-refractivity contribution in [1.29, 1.82) is 0 Å². The number of ether oxygens (including phenoxy) is 2. The van der Waals surface area contributed by atoms with Crippen molar-refractivity contribution in [3.05, 3.63) is 35.4 Å². The van der Waals surface area contributed by atoms with Gasteiger partial charge in [-0.25, -0.2) is 4.79 Å². The largest absolute Gasteiger partial charge is 0.456 e. The summed E-state index contributed by atoms with van der Waals surface area (Å²) in [7, 11) is 0. The Morgan fingerprint density at radius 3 is 1.86 bits per heavy atom. The molecule has 4 heteroatoms. The summed E-state index contributed by atoms with van der Waals surface area (Å²) in [6, 6.07) is 6.72. The third kappa shape index (κ3) is 7.93. The number of hydrogen-bond donors (Lipinski definition) is 0. The van der Waals surface area contributed by atoms with E-state index in [9.17, 15) is 9.59 Å². The summed E-state index contributed by atoms with van der Waals surface area (Å²) in [4.78, 5) is 24.5. The molecule has 0 aromatic heterocycles. The van der Waals surface area contributed by atoms with Crippen molar-refractivity contribution >= 4 is 11.8 Å². The molecule has 1 aromatic carbocycles. The van der Waals surface area contributed by atoms with Crippen LogP contribution in [0.5, 0.6) is 0 Å². The highest BCUT2D eigenvalue weighted by Gasteiger charge is 2.33. The normalized spacial score (nSPS) is 12.9. The number of unbranched alkanes of at least 4 members (excludes halogenated alkanes) is 1. The lowest BCUT2D eigenvalue weighted by molar-refractivity contribution is -0.0919. The molecular formula is C25H40O4. The van der Waals surface area contributed by atoms with E-state index in [0.717, 1.165) is 19.3 Å².